The molecular weight excluding hydrogens is 842 g/mol. The van der Waals surface area contributed by atoms with E-state index < -0.39 is 16.2 Å². The Morgan fingerprint density at radius 2 is 0.951 bits per heavy atom. The Morgan fingerprint density at radius 1 is 0.590 bits per heavy atom. The van der Waals surface area contributed by atoms with Crippen molar-refractivity contribution in [3.63, 3.8) is 0 Å². The van der Waals surface area contributed by atoms with Crippen LogP contribution in [0.15, 0.2) is 30.3 Å². The second-order valence-corrected chi connectivity index (χ2v) is 18.6. The first kappa shape index (κ1) is 57.0. The van der Waals surface area contributed by atoms with Crippen LogP contribution >= 0.6 is 34.4 Å². The summed E-state index contributed by atoms with van der Waals surface area (Å²) in [5.41, 5.74) is -0.803. The summed E-state index contributed by atoms with van der Waals surface area (Å²) in [6.45, 7) is 4.90. The monoisotopic (exact) mass is 918 g/mol. The number of aliphatic hydroxyl groups is 1. The van der Waals surface area contributed by atoms with Crippen LogP contribution in [0.1, 0.15) is 199 Å². The molecule has 0 amide bonds. The van der Waals surface area contributed by atoms with E-state index in [0.29, 0.717) is 38.7 Å². The highest BCUT2D eigenvalue weighted by atomic mass is 35.6. The molecule has 0 saturated carbocycles. The largest absolute Gasteiger partial charge is 0.461 e. The fourth-order valence-electron chi connectivity index (χ4n) is 7.21. The molecule has 1 aromatic rings. The van der Waals surface area contributed by atoms with Crippen LogP contribution in [0.3, 0.4) is 0 Å². The van der Waals surface area contributed by atoms with Gasteiger partial charge in [-0.1, -0.05) is 173 Å². The molecule has 350 valence electrons. The first-order valence-electron chi connectivity index (χ1n) is 23.4. The number of aliphatic hydroxyl groups excluding tert-OH is 1. The molecule has 2 aliphatic heterocycles. The summed E-state index contributed by atoms with van der Waals surface area (Å²) in [4.78, 5) is 46.1. The van der Waals surface area contributed by atoms with E-state index in [2.05, 4.69) is 13.8 Å². The number of esters is 4. The number of hydrogen-bond acceptors (Lipinski definition) is 10. The minimum atomic E-state index is -1.01. The Labute approximate surface area is 383 Å². The predicted molar refractivity (Wildman–Crippen MR) is 247 cm³/mol. The van der Waals surface area contributed by atoms with Crippen molar-refractivity contribution < 1.29 is 48.0 Å². The highest BCUT2D eigenvalue weighted by Gasteiger charge is 2.43. The topological polar surface area (TPSA) is 135 Å². The van der Waals surface area contributed by atoms with Crippen molar-refractivity contribution in [3.8, 4) is 0 Å². The Hall–Kier alpha value is -2.05. The molecule has 0 aliphatic carbocycles. The van der Waals surface area contributed by atoms with Gasteiger partial charge in [0.2, 0.25) is 0 Å². The molecule has 10 nitrogen and oxygen atoms in total. The fraction of sp³-hybridized carbons (Fsp3) is 0.787. The fourth-order valence-corrected chi connectivity index (χ4v) is 7.21. The zero-order valence-corrected chi connectivity index (χ0v) is 39.8. The molecular formula is C47H78BCl3O10. The van der Waals surface area contributed by atoms with Crippen LogP contribution in [0.4, 0.5) is 0 Å². The number of hydrogen-bond donors (Lipinski definition) is 1. The molecule has 14 heteroatoms. The quantitative estimate of drug-likeness (QED) is 0.0314. The second kappa shape index (κ2) is 37.3. The Bertz CT molecular complexity index is 1270. The van der Waals surface area contributed by atoms with Gasteiger partial charge in [0.15, 0.2) is 11.2 Å². The lowest BCUT2D eigenvalue weighted by Crippen LogP contribution is -2.40. The zero-order valence-electron chi connectivity index (χ0n) is 37.6. The van der Waals surface area contributed by atoms with Gasteiger partial charge in [0.05, 0.1) is 19.8 Å². The second-order valence-electron chi connectivity index (χ2n) is 16.6. The van der Waals surface area contributed by atoms with Crippen molar-refractivity contribution in [2.45, 2.75) is 211 Å². The first-order valence-corrected chi connectivity index (χ1v) is 24.7. The minimum absolute atomic E-state index is 0.0356. The maximum absolute atomic E-state index is 12.2. The van der Waals surface area contributed by atoms with Crippen LogP contribution in [0, 0.1) is 0 Å². The number of carbonyl (C=O) groups is 4. The molecule has 3 rings (SSSR count). The van der Waals surface area contributed by atoms with E-state index in [4.69, 9.17) is 58.1 Å². The Morgan fingerprint density at radius 3 is 1.31 bits per heavy atom. The molecule has 2 atom stereocenters. The van der Waals surface area contributed by atoms with Gasteiger partial charge in [-0.3, -0.25) is 19.2 Å². The van der Waals surface area contributed by atoms with Gasteiger partial charge < -0.3 is 28.8 Å². The molecule has 61 heavy (non-hydrogen) atoms. The zero-order chi connectivity index (χ0) is 44.9. The molecule has 1 N–H and O–H groups in total. The van der Waals surface area contributed by atoms with Crippen LogP contribution in [-0.2, 0) is 49.5 Å². The molecule has 0 radical (unpaired) electrons. The Balaban J connectivity index is 0.000000575. The molecule has 0 aromatic heterocycles. The van der Waals surface area contributed by atoms with Crippen LogP contribution in [0.2, 0.25) is 0 Å². The molecule has 2 aliphatic rings. The lowest BCUT2D eigenvalue weighted by Gasteiger charge is -2.27. The summed E-state index contributed by atoms with van der Waals surface area (Å²) >= 11 is 14.4. The first-order chi connectivity index (χ1) is 29.5. The average molecular weight is 920 g/mol. The van der Waals surface area contributed by atoms with Gasteiger partial charge in [-0.15, -0.1) is 0 Å². The number of carbonyl (C=O) groups excluding carboxylic acids is 4. The van der Waals surface area contributed by atoms with Crippen molar-refractivity contribution in [1.82, 2.24) is 0 Å². The van der Waals surface area contributed by atoms with Gasteiger partial charge in [0, 0.05) is 38.5 Å². The maximum atomic E-state index is 12.2. The minimum Gasteiger partial charge on any atom is -0.461 e. The molecule has 2 saturated heterocycles. The van der Waals surface area contributed by atoms with Crippen molar-refractivity contribution in [3.05, 3.63) is 35.9 Å². The standard InChI is InChI=1S/C27H42O5.C20H36O5.BCl3/c1-2-3-4-5-6-7-8-9-10-11-15-18-25(28)31-23-27(20-19-26(29)32-27)22-30-21-24-16-13-12-14-17-24;1-2-3-4-5-6-7-8-9-10-11-12-13-18(22)24-17-20(16-21)15-14-19(23)25-20;2-1(3)4/h12-14,16-17H,2-11,15,18-23H2,1H3;21H,2-17H2,1H3;. The van der Waals surface area contributed by atoms with Crippen LogP contribution < -0.4 is 0 Å². The number of rotatable bonds is 33. The number of benzene rings is 1. The predicted octanol–water partition coefficient (Wildman–Crippen LogP) is 12.5. The summed E-state index contributed by atoms with van der Waals surface area (Å²) in [5, 5.41) is 9.36. The lowest BCUT2D eigenvalue weighted by molar-refractivity contribution is -0.169. The van der Waals surface area contributed by atoms with Crippen molar-refractivity contribution in [2.24, 2.45) is 0 Å². The van der Waals surface area contributed by atoms with E-state index in [1.807, 2.05) is 30.3 Å². The SMILES string of the molecule is CCCCCCCCCCCCCC(=O)OCC1(CO)CCC(=O)O1.CCCCCCCCCCCCCC(=O)OCC1(COCc2ccccc2)CCC(=O)O1.ClB(Cl)Cl. The normalized spacial score (nSPS) is 18.0. The molecule has 0 bridgehead atoms. The van der Waals surface area contributed by atoms with E-state index in [9.17, 15) is 24.3 Å². The summed E-state index contributed by atoms with van der Waals surface area (Å²) in [7, 11) is 0. The number of halogens is 3. The van der Waals surface area contributed by atoms with Crippen LogP contribution in [0.25, 0.3) is 0 Å². The molecule has 2 fully saturated rings. The van der Waals surface area contributed by atoms with Crippen LogP contribution in [0.5, 0.6) is 0 Å². The average Bonchev–Trinajstić information content (AvgIpc) is 3.82. The van der Waals surface area contributed by atoms with E-state index >= 15 is 0 Å². The van der Waals surface area contributed by atoms with Gasteiger partial charge in [0.25, 0.3) is 0 Å². The van der Waals surface area contributed by atoms with Gasteiger partial charge in [-0.05, 0) is 18.4 Å². The van der Waals surface area contributed by atoms with E-state index in [-0.39, 0.29) is 56.7 Å². The van der Waals surface area contributed by atoms with Gasteiger partial charge in [-0.2, -0.15) is 34.4 Å². The Kier molecular flexibility index (Phi) is 34.9. The molecule has 2 heterocycles. The summed E-state index contributed by atoms with van der Waals surface area (Å²) in [6, 6.07) is 9.85. The van der Waals surface area contributed by atoms with E-state index in [1.54, 1.807) is 0 Å². The number of cyclic esters (lactones) is 2. The highest BCUT2D eigenvalue weighted by Crippen LogP contribution is 2.29. The highest BCUT2D eigenvalue weighted by molar-refractivity contribution is 7.54. The maximum Gasteiger partial charge on any atom is 0.450 e. The number of ether oxygens (including phenoxy) is 5. The third-order valence-corrected chi connectivity index (χ3v) is 11.0. The number of unbranched alkanes of at least 4 members (excludes halogenated alkanes) is 20. The smallest absolute Gasteiger partial charge is 0.450 e. The van der Waals surface area contributed by atoms with Crippen LogP contribution in [-0.4, -0.2) is 71.6 Å². The van der Waals surface area contributed by atoms with Crippen molar-refractivity contribution >= 4 is 63.2 Å². The third-order valence-electron chi connectivity index (χ3n) is 11.0. The van der Waals surface area contributed by atoms with Gasteiger partial charge in [0.1, 0.15) is 13.2 Å². The van der Waals surface area contributed by atoms with Gasteiger partial charge >= 0.3 is 28.8 Å². The third kappa shape index (κ3) is 31.5. The summed E-state index contributed by atoms with van der Waals surface area (Å²) in [6.07, 6.45) is 29.8. The summed E-state index contributed by atoms with van der Waals surface area (Å²) in [5.74, 6) is -1.08. The van der Waals surface area contributed by atoms with E-state index in [1.165, 1.54) is 116 Å². The molecule has 2 unspecified atom stereocenters. The van der Waals surface area contributed by atoms with Gasteiger partial charge in [-0.25, -0.2) is 0 Å². The summed E-state index contributed by atoms with van der Waals surface area (Å²) < 4.78 is 27.1. The lowest BCUT2D eigenvalue weighted by atomic mass is 10.0. The molecule has 0 spiro atoms. The van der Waals surface area contributed by atoms with Crippen molar-refractivity contribution in [2.75, 3.05) is 26.4 Å². The molecule has 1 aromatic carbocycles. The van der Waals surface area contributed by atoms with E-state index in [0.717, 1.165) is 31.2 Å². The van der Waals surface area contributed by atoms with Crippen molar-refractivity contribution in [1.29, 1.82) is 0 Å².